The van der Waals surface area contributed by atoms with E-state index in [4.69, 9.17) is 0 Å². The summed E-state index contributed by atoms with van der Waals surface area (Å²) >= 11 is 8.68. The van der Waals surface area contributed by atoms with Crippen LogP contribution in [-0.2, 0) is 0 Å². The van der Waals surface area contributed by atoms with Crippen LogP contribution in [0, 0.1) is 10.1 Å². The number of non-ortho nitro benzene ring substituents is 1. The molecule has 0 aliphatic carbocycles. The van der Waals surface area contributed by atoms with E-state index in [2.05, 4.69) is 25.3 Å². The van der Waals surface area contributed by atoms with Gasteiger partial charge < -0.3 is 0 Å². The SMILES string of the molecule is O=[N+]([O-])c1ccc(C(c2ccc(S)cc2)c2ccc(S)cc2)cc1. The molecule has 0 heterocycles. The van der Waals surface area contributed by atoms with E-state index >= 15 is 0 Å². The molecule has 3 rings (SSSR count). The molecule has 5 heteroatoms. The molecule has 0 aromatic heterocycles. The van der Waals surface area contributed by atoms with Crippen LogP contribution < -0.4 is 0 Å². The van der Waals surface area contributed by atoms with E-state index in [1.54, 1.807) is 12.1 Å². The maximum Gasteiger partial charge on any atom is 0.269 e. The lowest BCUT2D eigenvalue weighted by Crippen LogP contribution is -2.03. The molecule has 3 aromatic rings. The van der Waals surface area contributed by atoms with Crippen LogP contribution in [0.2, 0.25) is 0 Å². The van der Waals surface area contributed by atoms with Gasteiger partial charge in [-0.05, 0) is 41.0 Å². The van der Waals surface area contributed by atoms with Gasteiger partial charge in [-0.1, -0.05) is 36.4 Å². The number of hydrogen-bond acceptors (Lipinski definition) is 4. The van der Waals surface area contributed by atoms with Crippen LogP contribution in [-0.4, -0.2) is 4.92 Å². The highest BCUT2D eigenvalue weighted by Gasteiger charge is 2.18. The number of nitro groups is 1. The minimum atomic E-state index is -0.385. The van der Waals surface area contributed by atoms with Gasteiger partial charge in [0, 0.05) is 27.8 Å². The van der Waals surface area contributed by atoms with Crippen LogP contribution in [0.3, 0.4) is 0 Å². The fraction of sp³-hybridized carbons (Fsp3) is 0.0526. The van der Waals surface area contributed by atoms with Gasteiger partial charge in [0.05, 0.1) is 4.92 Å². The van der Waals surface area contributed by atoms with E-state index in [0.717, 1.165) is 26.5 Å². The highest BCUT2D eigenvalue weighted by molar-refractivity contribution is 7.80. The fourth-order valence-electron chi connectivity index (χ4n) is 2.70. The number of thiol groups is 2. The van der Waals surface area contributed by atoms with Gasteiger partial charge >= 0.3 is 0 Å². The molecular weight excluding hydrogens is 338 g/mol. The third kappa shape index (κ3) is 3.63. The predicted octanol–water partition coefficient (Wildman–Crippen LogP) is 5.35. The molecule has 0 atom stereocenters. The second-order valence-electron chi connectivity index (χ2n) is 5.46. The van der Waals surface area contributed by atoms with Crippen molar-refractivity contribution in [3.8, 4) is 0 Å². The Kier molecular flexibility index (Phi) is 4.92. The maximum atomic E-state index is 10.9. The third-order valence-electron chi connectivity index (χ3n) is 3.89. The highest BCUT2D eigenvalue weighted by atomic mass is 32.1. The van der Waals surface area contributed by atoms with Gasteiger partial charge in [0.25, 0.3) is 5.69 Å². The van der Waals surface area contributed by atoms with Gasteiger partial charge in [-0.2, -0.15) is 0 Å². The zero-order chi connectivity index (χ0) is 17.1. The van der Waals surface area contributed by atoms with Crippen LogP contribution in [0.1, 0.15) is 22.6 Å². The van der Waals surface area contributed by atoms with Gasteiger partial charge in [-0.15, -0.1) is 25.3 Å². The molecule has 0 fully saturated rings. The lowest BCUT2D eigenvalue weighted by atomic mass is 9.85. The van der Waals surface area contributed by atoms with Crippen molar-refractivity contribution in [1.82, 2.24) is 0 Å². The molecule has 0 N–H and O–H groups in total. The van der Waals surface area contributed by atoms with E-state index < -0.39 is 0 Å². The Balaban J connectivity index is 2.08. The van der Waals surface area contributed by atoms with Crippen LogP contribution in [0.5, 0.6) is 0 Å². The number of nitro benzene ring substituents is 1. The van der Waals surface area contributed by atoms with Crippen molar-refractivity contribution >= 4 is 30.9 Å². The van der Waals surface area contributed by atoms with Crippen molar-refractivity contribution in [2.24, 2.45) is 0 Å². The van der Waals surface area contributed by atoms with Crippen molar-refractivity contribution in [2.75, 3.05) is 0 Å². The monoisotopic (exact) mass is 353 g/mol. The summed E-state index contributed by atoms with van der Waals surface area (Å²) in [7, 11) is 0. The molecule has 0 spiro atoms. The second-order valence-corrected chi connectivity index (χ2v) is 6.50. The molecular formula is C19H15NO2S2. The van der Waals surface area contributed by atoms with Crippen LogP contribution >= 0.6 is 25.3 Å². The summed E-state index contributed by atoms with van der Waals surface area (Å²) in [4.78, 5) is 12.3. The lowest BCUT2D eigenvalue weighted by Gasteiger charge is -2.19. The summed E-state index contributed by atoms with van der Waals surface area (Å²) in [5, 5.41) is 10.9. The maximum absolute atomic E-state index is 10.9. The largest absolute Gasteiger partial charge is 0.269 e. The second kappa shape index (κ2) is 7.11. The van der Waals surface area contributed by atoms with Crippen LogP contribution in [0.15, 0.2) is 82.6 Å². The summed E-state index contributed by atoms with van der Waals surface area (Å²) in [5.41, 5.74) is 3.30. The summed E-state index contributed by atoms with van der Waals surface area (Å²) < 4.78 is 0. The zero-order valence-electron chi connectivity index (χ0n) is 12.7. The number of benzene rings is 3. The number of hydrogen-bond donors (Lipinski definition) is 2. The van der Waals surface area contributed by atoms with E-state index in [9.17, 15) is 10.1 Å². The smallest absolute Gasteiger partial charge is 0.258 e. The molecule has 0 aliphatic rings. The average molecular weight is 353 g/mol. The van der Waals surface area contributed by atoms with Crippen molar-refractivity contribution in [3.63, 3.8) is 0 Å². The summed E-state index contributed by atoms with van der Waals surface area (Å²) in [6.45, 7) is 0. The minimum Gasteiger partial charge on any atom is -0.258 e. The van der Waals surface area contributed by atoms with E-state index in [-0.39, 0.29) is 16.5 Å². The van der Waals surface area contributed by atoms with E-state index in [1.807, 2.05) is 60.7 Å². The Morgan fingerprint density at radius 2 is 1.00 bits per heavy atom. The Labute approximate surface area is 151 Å². The van der Waals surface area contributed by atoms with Crippen LogP contribution in [0.4, 0.5) is 5.69 Å². The Morgan fingerprint density at radius 1 is 0.667 bits per heavy atom. The van der Waals surface area contributed by atoms with Gasteiger partial charge in [-0.25, -0.2) is 0 Å². The first-order valence-electron chi connectivity index (χ1n) is 7.37. The summed E-state index contributed by atoms with van der Waals surface area (Å²) in [6.07, 6.45) is 0. The Hall–Kier alpha value is -2.24. The van der Waals surface area contributed by atoms with Gasteiger partial charge in [0.15, 0.2) is 0 Å². The van der Waals surface area contributed by atoms with Crippen molar-refractivity contribution in [2.45, 2.75) is 15.7 Å². The molecule has 0 radical (unpaired) electrons. The molecule has 0 unspecified atom stereocenters. The van der Waals surface area contributed by atoms with Crippen molar-refractivity contribution < 1.29 is 4.92 Å². The van der Waals surface area contributed by atoms with Crippen molar-refractivity contribution in [3.05, 3.63) is 99.6 Å². The molecule has 0 amide bonds. The fourth-order valence-corrected chi connectivity index (χ4v) is 3.00. The first-order chi connectivity index (χ1) is 11.5. The molecule has 0 bridgehead atoms. The number of nitrogens with zero attached hydrogens (tertiary/aromatic N) is 1. The normalized spacial score (nSPS) is 10.8. The zero-order valence-corrected chi connectivity index (χ0v) is 14.5. The molecule has 0 saturated carbocycles. The van der Waals surface area contributed by atoms with Gasteiger partial charge in [0.1, 0.15) is 0 Å². The molecule has 0 aliphatic heterocycles. The predicted molar refractivity (Wildman–Crippen MR) is 101 cm³/mol. The summed E-state index contributed by atoms with van der Waals surface area (Å²) in [5.74, 6) is -0.00586. The van der Waals surface area contributed by atoms with E-state index in [0.29, 0.717) is 0 Å². The standard InChI is InChI=1S/C19H15NO2S2/c21-20(22)16-7-1-13(2-8-16)19(14-3-9-17(23)10-4-14)15-5-11-18(24)12-6-15/h1-12,19,23-24H. The third-order valence-corrected chi connectivity index (χ3v) is 4.49. The molecule has 3 nitrogen and oxygen atoms in total. The summed E-state index contributed by atoms with van der Waals surface area (Å²) in [6, 6.07) is 22.6. The Morgan fingerprint density at radius 3 is 1.33 bits per heavy atom. The lowest BCUT2D eigenvalue weighted by molar-refractivity contribution is -0.384. The first-order valence-corrected chi connectivity index (χ1v) is 8.26. The van der Waals surface area contributed by atoms with Crippen LogP contribution in [0.25, 0.3) is 0 Å². The van der Waals surface area contributed by atoms with Crippen molar-refractivity contribution in [1.29, 1.82) is 0 Å². The number of rotatable bonds is 4. The highest BCUT2D eigenvalue weighted by Crippen LogP contribution is 2.33. The van der Waals surface area contributed by atoms with Gasteiger partial charge in [-0.3, -0.25) is 10.1 Å². The quantitative estimate of drug-likeness (QED) is 0.287. The Bertz CT molecular complexity index is 799. The van der Waals surface area contributed by atoms with Gasteiger partial charge in [0.2, 0.25) is 0 Å². The van der Waals surface area contributed by atoms with E-state index in [1.165, 1.54) is 0 Å². The molecule has 120 valence electrons. The molecule has 24 heavy (non-hydrogen) atoms. The molecule has 0 saturated heterocycles. The average Bonchev–Trinajstić information content (AvgIpc) is 2.59. The molecule has 3 aromatic carbocycles. The first kappa shape index (κ1) is 16.6. The topological polar surface area (TPSA) is 43.1 Å². The minimum absolute atomic E-state index is 0.00586.